The maximum atomic E-state index is 3.88. The summed E-state index contributed by atoms with van der Waals surface area (Å²) >= 11 is 0. The molecular weight excluding hydrogens is 128 g/mol. The number of hydrogen-bond donors (Lipinski definition) is 1. The third-order valence-electron chi connectivity index (χ3n) is 1.06. The Morgan fingerprint density at radius 1 is 1.80 bits per heavy atom. The molecule has 0 aliphatic carbocycles. The highest BCUT2D eigenvalue weighted by molar-refractivity contribution is 5.82. The number of rotatable bonds is 2. The van der Waals surface area contributed by atoms with Gasteiger partial charge in [-0.25, -0.2) is 9.98 Å². The van der Waals surface area contributed by atoms with Crippen molar-refractivity contribution in [1.29, 1.82) is 0 Å². The van der Waals surface area contributed by atoms with Crippen LogP contribution >= 0.6 is 0 Å². The van der Waals surface area contributed by atoms with Gasteiger partial charge in [-0.1, -0.05) is 0 Å². The Morgan fingerprint density at radius 3 is 3.20 bits per heavy atom. The second-order valence-electron chi connectivity index (χ2n) is 1.69. The van der Waals surface area contributed by atoms with Crippen LogP contribution in [0.2, 0.25) is 0 Å². The number of H-pyrrole nitrogens is 1. The van der Waals surface area contributed by atoms with Crippen molar-refractivity contribution in [2.24, 2.45) is 9.98 Å². The van der Waals surface area contributed by atoms with Crippen molar-refractivity contribution in [2.75, 3.05) is 7.05 Å². The fourth-order valence-electron chi connectivity index (χ4n) is 0.647. The van der Waals surface area contributed by atoms with Crippen molar-refractivity contribution in [3.05, 3.63) is 12.0 Å². The second-order valence-corrected chi connectivity index (χ2v) is 1.69. The number of aromatic nitrogens is 2. The van der Waals surface area contributed by atoms with E-state index in [4.69, 9.17) is 0 Å². The molecule has 0 radical (unpaired) electrons. The van der Waals surface area contributed by atoms with Gasteiger partial charge in [-0.05, 0) is 6.72 Å². The molecule has 0 saturated carbocycles. The van der Waals surface area contributed by atoms with E-state index in [9.17, 15) is 0 Å². The first-order chi connectivity index (χ1) is 4.88. The third-order valence-corrected chi connectivity index (χ3v) is 1.06. The zero-order valence-electron chi connectivity index (χ0n) is 5.70. The Labute approximate surface area is 58.7 Å². The predicted octanol–water partition coefficient (Wildman–Crippen LogP) is 0.790. The number of aliphatic imine (C=N–C) groups is 2. The lowest BCUT2D eigenvalue weighted by molar-refractivity contribution is 1.30. The molecule has 1 N–H and O–H groups in total. The van der Waals surface area contributed by atoms with Gasteiger partial charge in [0, 0.05) is 13.3 Å². The van der Waals surface area contributed by atoms with E-state index >= 15 is 0 Å². The van der Waals surface area contributed by atoms with Crippen LogP contribution in [-0.4, -0.2) is 29.9 Å². The number of aromatic amines is 1. The average molecular weight is 136 g/mol. The van der Waals surface area contributed by atoms with Crippen molar-refractivity contribution >= 4 is 18.7 Å². The Bertz CT molecular complexity index is 248. The lowest BCUT2D eigenvalue weighted by Gasteiger charge is -1.84. The lowest BCUT2D eigenvalue weighted by Crippen LogP contribution is -1.79. The van der Waals surface area contributed by atoms with Crippen LogP contribution in [0.5, 0.6) is 0 Å². The van der Waals surface area contributed by atoms with E-state index < -0.39 is 0 Å². The monoisotopic (exact) mass is 136 g/mol. The van der Waals surface area contributed by atoms with Crippen molar-refractivity contribution in [2.45, 2.75) is 0 Å². The van der Waals surface area contributed by atoms with E-state index in [1.807, 2.05) is 0 Å². The van der Waals surface area contributed by atoms with Gasteiger partial charge in [0.05, 0.1) is 6.33 Å². The molecule has 1 aromatic rings. The Hall–Kier alpha value is -1.45. The molecule has 10 heavy (non-hydrogen) atoms. The van der Waals surface area contributed by atoms with Crippen molar-refractivity contribution in [3.63, 3.8) is 0 Å². The average Bonchev–Trinajstić information content (AvgIpc) is 2.36. The van der Waals surface area contributed by atoms with Crippen LogP contribution in [0, 0.1) is 0 Å². The summed E-state index contributed by atoms with van der Waals surface area (Å²) in [5.74, 6) is 0.589. The molecule has 0 amide bonds. The molecule has 0 atom stereocenters. The van der Waals surface area contributed by atoms with Gasteiger partial charge in [-0.2, -0.15) is 0 Å². The fourth-order valence-corrected chi connectivity index (χ4v) is 0.647. The summed E-state index contributed by atoms with van der Waals surface area (Å²) in [5, 5.41) is 0. The minimum atomic E-state index is 0.589. The van der Waals surface area contributed by atoms with E-state index in [0.717, 1.165) is 5.69 Å². The standard InChI is InChI=1S/C6H8N4/c1-7-3-5-6(8-2)10-4-9-5/h3-4H,2H2,1H3,(H,9,10). The molecule has 0 fully saturated rings. The second kappa shape index (κ2) is 2.91. The third kappa shape index (κ3) is 1.10. The van der Waals surface area contributed by atoms with Crippen LogP contribution in [0.3, 0.4) is 0 Å². The van der Waals surface area contributed by atoms with Crippen LogP contribution < -0.4 is 0 Å². The minimum Gasteiger partial charge on any atom is -0.342 e. The zero-order valence-corrected chi connectivity index (χ0v) is 5.70. The quantitative estimate of drug-likeness (QED) is 0.600. The lowest BCUT2D eigenvalue weighted by atomic mass is 10.5. The predicted molar refractivity (Wildman–Crippen MR) is 41.3 cm³/mol. The molecule has 1 heterocycles. The van der Waals surface area contributed by atoms with Crippen LogP contribution in [0.15, 0.2) is 16.3 Å². The minimum absolute atomic E-state index is 0.589. The molecule has 0 aliphatic heterocycles. The van der Waals surface area contributed by atoms with E-state index in [2.05, 4.69) is 26.7 Å². The van der Waals surface area contributed by atoms with Gasteiger partial charge in [0.25, 0.3) is 0 Å². The number of nitrogens with zero attached hydrogens (tertiary/aromatic N) is 3. The van der Waals surface area contributed by atoms with Gasteiger partial charge < -0.3 is 4.98 Å². The molecule has 52 valence electrons. The molecule has 0 aromatic carbocycles. The Kier molecular flexibility index (Phi) is 1.94. The molecule has 0 saturated heterocycles. The van der Waals surface area contributed by atoms with Crippen LogP contribution in [-0.2, 0) is 0 Å². The first kappa shape index (κ1) is 6.67. The Balaban J connectivity index is 3.00. The van der Waals surface area contributed by atoms with Gasteiger partial charge >= 0.3 is 0 Å². The van der Waals surface area contributed by atoms with Gasteiger partial charge in [-0.15, -0.1) is 0 Å². The van der Waals surface area contributed by atoms with Crippen molar-refractivity contribution in [1.82, 2.24) is 9.97 Å². The maximum absolute atomic E-state index is 3.88. The van der Waals surface area contributed by atoms with Gasteiger partial charge in [0.1, 0.15) is 5.69 Å². The van der Waals surface area contributed by atoms with E-state index in [1.165, 1.54) is 0 Å². The smallest absolute Gasteiger partial charge is 0.178 e. The normalized spacial score (nSPS) is 10.5. The SMILES string of the molecule is C=Nc1nc[nH]c1C=NC. The van der Waals surface area contributed by atoms with Crippen LogP contribution in [0.25, 0.3) is 0 Å². The van der Waals surface area contributed by atoms with Crippen molar-refractivity contribution < 1.29 is 0 Å². The molecule has 0 spiro atoms. The summed E-state index contributed by atoms with van der Waals surface area (Å²) in [4.78, 5) is 14.2. The summed E-state index contributed by atoms with van der Waals surface area (Å²) in [7, 11) is 1.69. The van der Waals surface area contributed by atoms with E-state index in [1.54, 1.807) is 19.6 Å². The Morgan fingerprint density at radius 2 is 2.60 bits per heavy atom. The summed E-state index contributed by atoms with van der Waals surface area (Å²) in [5.41, 5.74) is 0.789. The van der Waals surface area contributed by atoms with Gasteiger partial charge in [-0.3, -0.25) is 4.99 Å². The van der Waals surface area contributed by atoms with Gasteiger partial charge in [0.2, 0.25) is 0 Å². The first-order valence-corrected chi connectivity index (χ1v) is 2.80. The highest BCUT2D eigenvalue weighted by Gasteiger charge is 1.96. The fraction of sp³-hybridized carbons (Fsp3) is 0.167. The summed E-state index contributed by atoms with van der Waals surface area (Å²) in [6, 6.07) is 0. The summed E-state index contributed by atoms with van der Waals surface area (Å²) < 4.78 is 0. The van der Waals surface area contributed by atoms with E-state index in [0.29, 0.717) is 5.82 Å². The molecule has 4 heteroatoms. The van der Waals surface area contributed by atoms with Gasteiger partial charge in [0.15, 0.2) is 5.82 Å². The van der Waals surface area contributed by atoms with Crippen LogP contribution in [0.4, 0.5) is 5.82 Å². The summed E-state index contributed by atoms with van der Waals surface area (Å²) in [6.45, 7) is 3.35. The molecule has 0 unspecified atom stereocenters. The number of nitrogens with one attached hydrogen (secondary N) is 1. The first-order valence-electron chi connectivity index (χ1n) is 2.80. The number of imidazole rings is 1. The topological polar surface area (TPSA) is 53.4 Å². The molecule has 4 nitrogen and oxygen atoms in total. The molecular formula is C6H8N4. The highest BCUT2D eigenvalue weighted by atomic mass is 15.0. The molecule has 1 rings (SSSR count). The largest absolute Gasteiger partial charge is 0.342 e. The van der Waals surface area contributed by atoms with Crippen LogP contribution in [0.1, 0.15) is 5.69 Å². The summed E-state index contributed by atoms with van der Waals surface area (Å²) in [6.07, 6.45) is 3.21. The van der Waals surface area contributed by atoms with Crippen molar-refractivity contribution in [3.8, 4) is 0 Å². The molecule has 0 aliphatic rings. The maximum Gasteiger partial charge on any atom is 0.178 e. The highest BCUT2D eigenvalue weighted by Crippen LogP contribution is 2.08. The number of hydrogen-bond acceptors (Lipinski definition) is 3. The molecule has 0 bridgehead atoms. The zero-order chi connectivity index (χ0) is 7.40. The molecule has 1 aromatic heterocycles. The van der Waals surface area contributed by atoms with E-state index in [-0.39, 0.29) is 0 Å².